The Morgan fingerprint density at radius 3 is 2.57 bits per heavy atom. The first-order chi connectivity index (χ1) is 10.0. The lowest BCUT2D eigenvalue weighted by Crippen LogP contribution is -2.52. The average molecular weight is 289 g/mol. The summed E-state index contributed by atoms with van der Waals surface area (Å²) in [6.45, 7) is 6.63. The Hall–Kier alpha value is -1.84. The summed E-state index contributed by atoms with van der Waals surface area (Å²) in [5, 5.41) is 0. The maximum Gasteiger partial charge on any atom is 0.311 e. The summed E-state index contributed by atoms with van der Waals surface area (Å²) < 4.78 is 5.18. The number of carbonyl (C=O) groups excluding carboxylic acids is 2. The summed E-state index contributed by atoms with van der Waals surface area (Å²) in [5.74, 6) is -0.299. The van der Waals surface area contributed by atoms with Gasteiger partial charge in [0.05, 0.1) is 12.5 Å². The van der Waals surface area contributed by atoms with Crippen LogP contribution >= 0.6 is 0 Å². The summed E-state index contributed by atoms with van der Waals surface area (Å²) in [6.07, 6.45) is 0.403. The zero-order valence-electron chi connectivity index (χ0n) is 12.9. The van der Waals surface area contributed by atoms with Gasteiger partial charge in [-0.05, 0) is 25.3 Å². The van der Waals surface area contributed by atoms with Gasteiger partial charge in [-0.1, -0.05) is 37.3 Å². The van der Waals surface area contributed by atoms with Crippen LogP contribution in [0.15, 0.2) is 30.3 Å². The van der Waals surface area contributed by atoms with Crippen molar-refractivity contribution in [3.63, 3.8) is 0 Å². The summed E-state index contributed by atoms with van der Waals surface area (Å²) in [6, 6.07) is 9.73. The highest BCUT2D eigenvalue weighted by Gasteiger charge is 2.42. The molecule has 21 heavy (non-hydrogen) atoms. The van der Waals surface area contributed by atoms with E-state index in [4.69, 9.17) is 4.74 Å². The Labute approximate surface area is 126 Å². The fourth-order valence-electron chi connectivity index (χ4n) is 3.10. The minimum atomic E-state index is -0.244. The van der Waals surface area contributed by atoms with Crippen molar-refractivity contribution in [1.82, 2.24) is 4.90 Å². The Bertz CT molecular complexity index is 500. The molecule has 3 atom stereocenters. The van der Waals surface area contributed by atoms with E-state index in [2.05, 4.69) is 0 Å². The summed E-state index contributed by atoms with van der Waals surface area (Å²) in [4.78, 5) is 26.3. The highest BCUT2D eigenvalue weighted by atomic mass is 16.5. The standard InChI is InChI=1S/C17H23NO3/c1-4-21-17(20)16-12(2)10-15(19)18(13(16)3)11-14-8-6-5-7-9-14/h5-9,12-13,16H,4,10-11H2,1-3H3/t12?,13-,16-/m1/s1. The lowest BCUT2D eigenvalue weighted by atomic mass is 9.80. The number of amides is 1. The van der Waals surface area contributed by atoms with E-state index in [1.165, 1.54) is 0 Å². The van der Waals surface area contributed by atoms with Crippen molar-refractivity contribution in [2.24, 2.45) is 11.8 Å². The molecule has 0 spiro atoms. The van der Waals surface area contributed by atoms with Gasteiger partial charge in [0, 0.05) is 19.0 Å². The number of esters is 1. The molecule has 1 fully saturated rings. The highest BCUT2D eigenvalue weighted by Crippen LogP contribution is 2.31. The predicted molar refractivity (Wildman–Crippen MR) is 80.4 cm³/mol. The predicted octanol–water partition coefficient (Wildman–Crippen LogP) is 2.62. The van der Waals surface area contributed by atoms with Crippen LogP contribution in [0.2, 0.25) is 0 Å². The van der Waals surface area contributed by atoms with Crippen molar-refractivity contribution < 1.29 is 14.3 Å². The Balaban J connectivity index is 2.16. The molecule has 1 aromatic carbocycles. The normalized spacial score (nSPS) is 25.8. The zero-order valence-corrected chi connectivity index (χ0v) is 12.9. The third-order valence-electron chi connectivity index (χ3n) is 4.20. The van der Waals surface area contributed by atoms with Crippen molar-refractivity contribution in [1.29, 1.82) is 0 Å². The van der Waals surface area contributed by atoms with E-state index >= 15 is 0 Å². The number of carbonyl (C=O) groups is 2. The molecule has 1 amide bonds. The first-order valence-electron chi connectivity index (χ1n) is 7.54. The number of ether oxygens (including phenoxy) is 1. The van der Waals surface area contributed by atoms with E-state index in [0.717, 1.165) is 5.56 Å². The van der Waals surface area contributed by atoms with Crippen LogP contribution in [-0.2, 0) is 20.9 Å². The number of nitrogens with zero attached hydrogens (tertiary/aromatic N) is 1. The number of benzene rings is 1. The second kappa shape index (κ2) is 6.74. The maximum atomic E-state index is 12.3. The molecule has 4 nitrogen and oxygen atoms in total. The largest absolute Gasteiger partial charge is 0.466 e. The van der Waals surface area contributed by atoms with Crippen LogP contribution in [0.5, 0.6) is 0 Å². The SMILES string of the molecule is CCOC(=O)[C@@H]1C(C)CC(=O)N(Cc2ccccc2)[C@@H]1C. The molecule has 1 aliphatic rings. The number of hydrogen-bond acceptors (Lipinski definition) is 3. The van der Waals surface area contributed by atoms with Crippen molar-refractivity contribution in [3.8, 4) is 0 Å². The average Bonchev–Trinajstić information content (AvgIpc) is 2.44. The van der Waals surface area contributed by atoms with Gasteiger partial charge < -0.3 is 9.64 Å². The third-order valence-corrected chi connectivity index (χ3v) is 4.20. The van der Waals surface area contributed by atoms with Gasteiger partial charge in [0.1, 0.15) is 0 Å². The summed E-state index contributed by atoms with van der Waals surface area (Å²) >= 11 is 0. The Morgan fingerprint density at radius 1 is 1.29 bits per heavy atom. The van der Waals surface area contributed by atoms with Gasteiger partial charge in [-0.15, -0.1) is 0 Å². The molecular formula is C17H23NO3. The van der Waals surface area contributed by atoms with Gasteiger partial charge in [0.2, 0.25) is 5.91 Å². The van der Waals surface area contributed by atoms with Gasteiger partial charge in [-0.3, -0.25) is 9.59 Å². The molecule has 1 saturated heterocycles. The van der Waals surface area contributed by atoms with Gasteiger partial charge >= 0.3 is 5.97 Å². The van der Waals surface area contributed by atoms with E-state index in [1.54, 1.807) is 4.90 Å². The molecule has 0 aromatic heterocycles. The fraction of sp³-hybridized carbons (Fsp3) is 0.529. The number of piperidine rings is 1. The van der Waals surface area contributed by atoms with E-state index in [0.29, 0.717) is 19.6 Å². The Kier molecular flexibility index (Phi) is 4.99. The molecule has 0 saturated carbocycles. The molecule has 1 heterocycles. The molecule has 2 rings (SSSR count). The van der Waals surface area contributed by atoms with E-state index in [1.807, 2.05) is 51.1 Å². The molecular weight excluding hydrogens is 266 g/mol. The van der Waals surface area contributed by atoms with Crippen LogP contribution in [0.1, 0.15) is 32.8 Å². The zero-order chi connectivity index (χ0) is 15.4. The van der Waals surface area contributed by atoms with Crippen LogP contribution in [0.25, 0.3) is 0 Å². The van der Waals surface area contributed by atoms with Gasteiger partial charge in [-0.2, -0.15) is 0 Å². The van der Waals surface area contributed by atoms with Gasteiger partial charge in [0.25, 0.3) is 0 Å². The molecule has 0 N–H and O–H groups in total. The van der Waals surface area contributed by atoms with Crippen LogP contribution in [0.3, 0.4) is 0 Å². The summed E-state index contributed by atoms with van der Waals surface area (Å²) in [5.41, 5.74) is 1.08. The highest BCUT2D eigenvalue weighted by molar-refractivity contribution is 5.82. The second-order valence-electron chi connectivity index (χ2n) is 5.71. The minimum Gasteiger partial charge on any atom is -0.466 e. The molecule has 1 aliphatic heterocycles. The molecule has 0 aliphatic carbocycles. The number of likely N-dealkylation sites (tertiary alicyclic amines) is 1. The number of hydrogen-bond donors (Lipinski definition) is 0. The van der Waals surface area contributed by atoms with Crippen molar-refractivity contribution in [2.75, 3.05) is 6.61 Å². The van der Waals surface area contributed by atoms with Crippen LogP contribution in [0.4, 0.5) is 0 Å². The topological polar surface area (TPSA) is 46.6 Å². The van der Waals surface area contributed by atoms with E-state index in [-0.39, 0.29) is 29.8 Å². The molecule has 1 unspecified atom stereocenters. The van der Waals surface area contributed by atoms with E-state index < -0.39 is 0 Å². The van der Waals surface area contributed by atoms with Crippen LogP contribution < -0.4 is 0 Å². The lowest BCUT2D eigenvalue weighted by Gasteiger charge is -2.41. The fourth-order valence-corrected chi connectivity index (χ4v) is 3.10. The lowest BCUT2D eigenvalue weighted by molar-refractivity contribution is -0.159. The molecule has 114 valence electrons. The molecule has 0 radical (unpaired) electrons. The van der Waals surface area contributed by atoms with Crippen LogP contribution in [-0.4, -0.2) is 29.4 Å². The Morgan fingerprint density at radius 2 is 1.95 bits per heavy atom. The smallest absolute Gasteiger partial charge is 0.311 e. The second-order valence-corrected chi connectivity index (χ2v) is 5.71. The maximum absolute atomic E-state index is 12.3. The number of rotatable bonds is 4. The van der Waals surface area contributed by atoms with Crippen molar-refractivity contribution in [2.45, 2.75) is 39.8 Å². The molecule has 1 aromatic rings. The van der Waals surface area contributed by atoms with Crippen molar-refractivity contribution in [3.05, 3.63) is 35.9 Å². The van der Waals surface area contributed by atoms with Crippen LogP contribution in [0, 0.1) is 11.8 Å². The minimum absolute atomic E-state index is 0.0265. The first kappa shape index (κ1) is 15.5. The summed E-state index contributed by atoms with van der Waals surface area (Å²) in [7, 11) is 0. The van der Waals surface area contributed by atoms with Gasteiger partial charge in [0.15, 0.2) is 0 Å². The molecule has 0 bridgehead atoms. The first-order valence-corrected chi connectivity index (χ1v) is 7.54. The van der Waals surface area contributed by atoms with Crippen molar-refractivity contribution >= 4 is 11.9 Å². The quantitative estimate of drug-likeness (QED) is 0.801. The monoisotopic (exact) mass is 289 g/mol. The van der Waals surface area contributed by atoms with E-state index in [9.17, 15) is 9.59 Å². The third kappa shape index (κ3) is 3.43. The molecule has 4 heteroatoms. The van der Waals surface area contributed by atoms with Gasteiger partial charge in [-0.25, -0.2) is 0 Å².